The summed E-state index contributed by atoms with van der Waals surface area (Å²) in [5.41, 5.74) is 9.72. The number of allylic oxidation sites excluding steroid dienone is 1. The molecule has 1 heteroatoms. The molecule has 0 atom stereocenters. The molecule has 0 N–H and O–H groups in total. The average molecular weight is 283 g/mol. The van der Waals surface area contributed by atoms with Gasteiger partial charge in [-0.05, 0) is 65.3 Å². The van der Waals surface area contributed by atoms with Crippen LogP contribution >= 0.6 is 0 Å². The summed E-state index contributed by atoms with van der Waals surface area (Å²) < 4.78 is 0. The molecule has 0 saturated heterocycles. The van der Waals surface area contributed by atoms with Crippen LogP contribution in [-0.2, 0) is 17.3 Å². The average Bonchev–Trinajstić information content (AvgIpc) is 2.69. The molecule has 1 aromatic rings. The van der Waals surface area contributed by atoms with Crippen molar-refractivity contribution in [1.29, 1.82) is 0 Å². The highest BCUT2D eigenvalue weighted by molar-refractivity contribution is 5.76. The third-order valence-corrected chi connectivity index (χ3v) is 5.64. The summed E-state index contributed by atoms with van der Waals surface area (Å²) in [6.45, 7) is 11.9. The Morgan fingerprint density at radius 2 is 1.43 bits per heavy atom. The fraction of sp³-hybridized carbons (Fsp3) is 0.600. The fourth-order valence-corrected chi connectivity index (χ4v) is 4.25. The highest BCUT2D eigenvalue weighted by Gasteiger charge is 2.38. The Hall–Kier alpha value is -1.24. The van der Waals surface area contributed by atoms with Crippen molar-refractivity contribution in [3.05, 3.63) is 40.0 Å². The van der Waals surface area contributed by atoms with Gasteiger partial charge in [-0.25, -0.2) is 0 Å². The summed E-state index contributed by atoms with van der Waals surface area (Å²) in [5, 5.41) is 0. The van der Waals surface area contributed by atoms with Crippen molar-refractivity contribution in [2.75, 3.05) is 14.1 Å². The molecule has 2 aliphatic carbocycles. The van der Waals surface area contributed by atoms with Crippen molar-refractivity contribution in [3.63, 3.8) is 0 Å². The van der Waals surface area contributed by atoms with E-state index in [2.05, 4.69) is 65.7 Å². The lowest BCUT2D eigenvalue weighted by molar-refractivity contribution is 0.331. The molecule has 0 radical (unpaired) electrons. The maximum absolute atomic E-state index is 2.52. The zero-order valence-electron chi connectivity index (χ0n) is 14.7. The lowest BCUT2D eigenvalue weighted by atomic mass is 9.62. The first-order valence-corrected chi connectivity index (χ1v) is 8.19. The van der Waals surface area contributed by atoms with Crippen LogP contribution < -0.4 is 0 Å². The molecule has 0 saturated carbocycles. The third kappa shape index (κ3) is 2.13. The van der Waals surface area contributed by atoms with Crippen LogP contribution in [0.5, 0.6) is 0 Å². The maximum atomic E-state index is 2.52. The van der Waals surface area contributed by atoms with E-state index in [1.807, 2.05) is 0 Å². The van der Waals surface area contributed by atoms with Crippen molar-refractivity contribution in [1.82, 2.24) is 4.90 Å². The van der Waals surface area contributed by atoms with Gasteiger partial charge in [0.05, 0.1) is 0 Å². The van der Waals surface area contributed by atoms with Crippen LogP contribution in [0.3, 0.4) is 0 Å². The first kappa shape index (κ1) is 14.7. The van der Waals surface area contributed by atoms with Gasteiger partial charge in [0.15, 0.2) is 0 Å². The van der Waals surface area contributed by atoms with E-state index in [9.17, 15) is 0 Å². The van der Waals surface area contributed by atoms with Crippen molar-refractivity contribution in [2.45, 2.75) is 64.7 Å². The normalized spacial score (nSPS) is 22.0. The Bertz CT molecular complexity index is 629. The number of benzene rings is 1. The lowest BCUT2D eigenvalue weighted by Gasteiger charge is -2.42. The fourth-order valence-electron chi connectivity index (χ4n) is 4.25. The molecule has 0 amide bonds. The minimum absolute atomic E-state index is 0.299. The minimum Gasteiger partial charge on any atom is -0.377 e. The van der Waals surface area contributed by atoms with Gasteiger partial charge in [0.1, 0.15) is 0 Å². The van der Waals surface area contributed by atoms with Gasteiger partial charge in [-0.15, -0.1) is 0 Å². The third-order valence-electron chi connectivity index (χ3n) is 5.64. The molecule has 0 aliphatic heterocycles. The first-order chi connectivity index (χ1) is 9.63. The van der Waals surface area contributed by atoms with Gasteiger partial charge < -0.3 is 4.90 Å². The van der Waals surface area contributed by atoms with Crippen molar-refractivity contribution >= 4 is 5.70 Å². The molecule has 0 spiro atoms. The predicted molar refractivity (Wildman–Crippen MR) is 91.7 cm³/mol. The van der Waals surface area contributed by atoms with Crippen LogP contribution in [0.25, 0.3) is 5.70 Å². The van der Waals surface area contributed by atoms with Crippen LogP contribution in [0.4, 0.5) is 0 Å². The molecule has 1 nitrogen and oxygen atoms in total. The van der Waals surface area contributed by atoms with Crippen molar-refractivity contribution < 1.29 is 0 Å². The predicted octanol–water partition coefficient (Wildman–Crippen LogP) is 4.88. The second kappa shape index (κ2) is 4.38. The monoisotopic (exact) mass is 283 g/mol. The van der Waals surface area contributed by atoms with Gasteiger partial charge in [-0.1, -0.05) is 33.8 Å². The topological polar surface area (TPSA) is 3.24 Å². The molecular weight excluding hydrogens is 254 g/mol. The van der Waals surface area contributed by atoms with E-state index in [4.69, 9.17) is 0 Å². The van der Waals surface area contributed by atoms with Gasteiger partial charge in [0.2, 0.25) is 0 Å². The molecule has 2 aliphatic rings. The van der Waals surface area contributed by atoms with E-state index in [-0.39, 0.29) is 0 Å². The number of hydrogen-bond acceptors (Lipinski definition) is 1. The highest BCUT2D eigenvalue weighted by Crippen LogP contribution is 2.48. The van der Waals surface area contributed by atoms with Gasteiger partial charge in [-0.3, -0.25) is 0 Å². The van der Waals surface area contributed by atoms with Gasteiger partial charge >= 0.3 is 0 Å². The summed E-state index contributed by atoms with van der Waals surface area (Å²) in [6.07, 6.45) is 3.69. The molecule has 21 heavy (non-hydrogen) atoms. The molecule has 0 unspecified atom stereocenters. The largest absolute Gasteiger partial charge is 0.377 e. The Kier molecular flexibility index (Phi) is 3.06. The first-order valence-electron chi connectivity index (χ1n) is 8.19. The number of hydrogen-bond donors (Lipinski definition) is 0. The van der Waals surface area contributed by atoms with Crippen molar-refractivity contribution in [3.8, 4) is 0 Å². The molecule has 114 valence electrons. The molecule has 0 bridgehead atoms. The summed E-state index contributed by atoms with van der Waals surface area (Å²) in [4.78, 5) is 2.29. The number of nitrogens with zero attached hydrogens (tertiary/aromatic N) is 1. The van der Waals surface area contributed by atoms with E-state index >= 15 is 0 Å². The van der Waals surface area contributed by atoms with Crippen LogP contribution in [0.15, 0.2) is 17.7 Å². The molecule has 0 heterocycles. The van der Waals surface area contributed by atoms with Crippen LogP contribution in [0.2, 0.25) is 0 Å². The Labute approximate surface area is 130 Å². The number of rotatable bonds is 1. The second-order valence-electron chi connectivity index (χ2n) is 8.52. The molecule has 0 fully saturated rings. The summed E-state index contributed by atoms with van der Waals surface area (Å²) in [6, 6.07) is 5.03. The molecule has 3 rings (SSSR count). The maximum Gasteiger partial charge on any atom is 0.0430 e. The van der Waals surface area contributed by atoms with E-state index in [1.165, 1.54) is 35.2 Å². The van der Waals surface area contributed by atoms with Crippen LogP contribution in [0.1, 0.15) is 69.7 Å². The zero-order chi connectivity index (χ0) is 15.6. The minimum atomic E-state index is 0.299. The van der Waals surface area contributed by atoms with Gasteiger partial charge in [0.25, 0.3) is 0 Å². The van der Waals surface area contributed by atoms with E-state index in [0.29, 0.717) is 10.8 Å². The van der Waals surface area contributed by atoms with Gasteiger partial charge in [-0.2, -0.15) is 0 Å². The summed E-state index contributed by atoms with van der Waals surface area (Å²) >= 11 is 0. The Balaban J connectivity index is 2.24. The van der Waals surface area contributed by atoms with E-state index in [0.717, 1.165) is 6.42 Å². The quantitative estimate of drug-likeness (QED) is 0.709. The SMILES string of the molecule is CC1=C(N(C)C)c2cc3c(cc2C1)C(C)(C)CCC3(C)C. The standard InChI is InChI=1S/C20H29N/c1-13-10-14-11-16-17(12-15(14)18(13)21(6)7)20(4,5)9-8-19(16,2)3/h11-12H,8-10H2,1-7H3. The van der Waals surface area contributed by atoms with E-state index < -0.39 is 0 Å². The smallest absolute Gasteiger partial charge is 0.0430 e. The van der Waals surface area contributed by atoms with Crippen LogP contribution in [-0.4, -0.2) is 19.0 Å². The van der Waals surface area contributed by atoms with Crippen LogP contribution in [0, 0.1) is 0 Å². The Morgan fingerprint density at radius 1 is 0.905 bits per heavy atom. The highest BCUT2D eigenvalue weighted by atomic mass is 15.1. The Morgan fingerprint density at radius 3 is 1.95 bits per heavy atom. The molecular formula is C20H29N. The summed E-state index contributed by atoms with van der Waals surface area (Å²) in [5.74, 6) is 0. The zero-order valence-corrected chi connectivity index (χ0v) is 14.7. The molecule has 1 aromatic carbocycles. The number of fused-ring (bicyclic) bond motifs is 2. The van der Waals surface area contributed by atoms with Gasteiger partial charge in [0, 0.05) is 25.4 Å². The lowest BCUT2D eigenvalue weighted by Crippen LogP contribution is -2.34. The second-order valence-corrected chi connectivity index (χ2v) is 8.52. The van der Waals surface area contributed by atoms with Crippen molar-refractivity contribution in [2.24, 2.45) is 0 Å². The van der Waals surface area contributed by atoms with E-state index in [1.54, 1.807) is 11.1 Å². The summed E-state index contributed by atoms with van der Waals surface area (Å²) in [7, 11) is 4.34. The molecule has 0 aromatic heterocycles.